The Kier molecular flexibility index (Phi) is 4.26. The molecule has 22 heavy (non-hydrogen) atoms. The summed E-state index contributed by atoms with van der Waals surface area (Å²) in [5.74, 6) is -4.09. The van der Waals surface area contributed by atoms with Crippen LogP contribution in [0.4, 0.5) is 18.9 Å². The number of para-hydroxylation sites is 1. The summed E-state index contributed by atoms with van der Waals surface area (Å²) >= 11 is 0. The van der Waals surface area contributed by atoms with Crippen LogP contribution in [0.1, 0.15) is 31.9 Å². The zero-order valence-electron chi connectivity index (χ0n) is 12.5. The highest BCUT2D eigenvalue weighted by molar-refractivity contribution is 5.86. The highest BCUT2D eigenvalue weighted by Crippen LogP contribution is 2.32. The van der Waals surface area contributed by atoms with Gasteiger partial charge in [-0.3, -0.25) is 4.99 Å². The fourth-order valence-electron chi connectivity index (χ4n) is 2.03. The monoisotopic (exact) mass is 307 g/mol. The second-order valence-electron chi connectivity index (χ2n) is 5.98. The van der Waals surface area contributed by atoms with Gasteiger partial charge in [-0.1, -0.05) is 32.9 Å². The first kappa shape index (κ1) is 16.1. The van der Waals surface area contributed by atoms with Crippen LogP contribution >= 0.6 is 0 Å². The molecule has 0 aliphatic rings. The fourth-order valence-corrected chi connectivity index (χ4v) is 2.03. The maximum absolute atomic E-state index is 13.1. The van der Waals surface area contributed by atoms with Gasteiger partial charge >= 0.3 is 0 Å². The second kappa shape index (κ2) is 5.83. The summed E-state index contributed by atoms with van der Waals surface area (Å²) < 4.78 is 39.1. The van der Waals surface area contributed by atoms with Gasteiger partial charge < -0.3 is 5.11 Å². The van der Waals surface area contributed by atoms with Crippen LogP contribution in [0.15, 0.2) is 35.3 Å². The van der Waals surface area contributed by atoms with E-state index in [0.29, 0.717) is 5.56 Å². The van der Waals surface area contributed by atoms with Gasteiger partial charge in [-0.05, 0) is 17.0 Å². The minimum absolute atomic E-state index is 0.0572. The highest BCUT2D eigenvalue weighted by Gasteiger charge is 2.19. The topological polar surface area (TPSA) is 32.6 Å². The largest absolute Gasteiger partial charge is 0.507 e. The van der Waals surface area contributed by atoms with Crippen LogP contribution in [0.2, 0.25) is 0 Å². The van der Waals surface area contributed by atoms with Crippen molar-refractivity contribution in [1.29, 1.82) is 0 Å². The number of halogens is 3. The fraction of sp³-hybridized carbons (Fsp3) is 0.235. The van der Waals surface area contributed by atoms with Crippen molar-refractivity contribution in [3.8, 4) is 5.75 Å². The summed E-state index contributed by atoms with van der Waals surface area (Å²) in [6.45, 7) is 5.86. The molecule has 5 heteroatoms. The molecular weight excluding hydrogens is 291 g/mol. The summed E-state index contributed by atoms with van der Waals surface area (Å²) in [5.41, 5.74) is 0.810. The van der Waals surface area contributed by atoms with Crippen molar-refractivity contribution in [1.82, 2.24) is 0 Å². The Bertz CT molecular complexity index is 710. The molecule has 0 aliphatic carbocycles. The molecule has 0 unspecified atom stereocenters. The lowest BCUT2D eigenvalue weighted by molar-refractivity contribution is 0.446. The summed E-state index contributed by atoms with van der Waals surface area (Å²) in [6, 6.07) is 6.76. The van der Waals surface area contributed by atoms with E-state index in [1.54, 1.807) is 18.2 Å². The standard InChI is InChI=1S/C17H16F3NO/c1-17(2,3)12-6-4-5-10(16(12)22)9-21-11-7-13(18)15(20)14(19)8-11/h4-9,22H,1-3H3. The summed E-state index contributed by atoms with van der Waals surface area (Å²) in [4.78, 5) is 3.89. The number of aliphatic imine (C=N–C) groups is 1. The van der Waals surface area contributed by atoms with Gasteiger partial charge in [0, 0.05) is 23.9 Å². The minimum Gasteiger partial charge on any atom is -0.507 e. The molecule has 0 spiro atoms. The van der Waals surface area contributed by atoms with Crippen molar-refractivity contribution in [3.63, 3.8) is 0 Å². The molecule has 0 aliphatic heterocycles. The van der Waals surface area contributed by atoms with Crippen molar-refractivity contribution in [2.45, 2.75) is 26.2 Å². The number of phenolic OH excluding ortho intramolecular Hbond substituents is 1. The quantitative estimate of drug-likeness (QED) is 0.624. The molecule has 0 amide bonds. The number of phenols is 1. The Labute approximate surface area is 126 Å². The molecule has 0 heterocycles. The molecule has 2 nitrogen and oxygen atoms in total. The van der Waals surface area contributed by atoms with Gasteiger partial charge in [0.15, 0.2) is 17.5 Å². The van der Waals surface area contributed by atoms with Crippen LogP contribution in [0, 0.1) is 17.5 Å². The maximum atomic E-state index is 13.1. The molecule has 1 N–H and O–H groups in total. The second-order valence-corrected chi connectivity index (χ2v) is 5.98. The molecule has 2 aromatic carbocycles. The van der Waals surface area contributed by atoms with Crippen LogP contribution in [-0.2, 0) is 5.41 Å². The molecule has 0 saturated heterocycles. The summed E-state index contributed by atoms with van der Waals surface area (Å²) in [5, 5.41) is 10.3. The van der Waals surface area contributed by atoms with Crippen LogP contribution in [0.5, 0.6) is 5.75 Å². The predicted molar refractivity (Wildman–Crippen MR) is 80.4 cm³/mol. The molecule has 0 fully saturated rings. The number of aromatic hydroxyl groups is 1. The van der Waals surface area contributed by atoms with Gasteiger partial charge in [-0.2, -0.15) is 0 Å². The average Bonchev–Trinajstić information content (AvgIpc) is 2.42. The minimum atomic E-state index is -1.53. The molecule has 2 aromatic rings. The zero-order valence-corrected chi connectivity index (χ0v) is 12.5. The normalized spacial score (nSPS) is 12.1. The van der Waals surface area contributed by atoms with Gasteiger partial charge in [-0.15, -0.1) is 0 Å². The van der Waals surface area contributed by atoms with E-state index in [9.17, 15) is 18.3 Å². The molecule has 0 bridgehead atoms. The highest BCUT2D eigenvalue weighted by atomic mass is 19.2. The van der Waals surface area contributed by atoms with E-state index in [-0.39, 0.29) is 16.9 Å². The van der Waals surface area contributed by atoms with E-state index in [0.717, 1.165) is 17.7 Å². The van der Waals surface area contributed by atoms with E-state index in [4.69, 9.17) is 0 Å². The number of rotatable bonds is 2. The first-order chi connectivity index (χ1) is 10.2. The molecular formula is C17H16F3NO. The van der Waals surface area contributed by atoms with Crippen LogP contribution in [0.3, 0.4) is 0 Å². The van der Waals surface area contributed by atoms with Crippen molar-refractivity contribution < 1.29 is 18.3 Å². The van der Waals surface area contributed by atoms with Crippen molar-refractivity contribution in [2.24, 2.45) is 4.99 Å². The SMILES string of the molecule is CC(C)(C)c1cccc(C=Nc2cc(F)c(F)c(F)c2)c1O. The van der Waals surface area contributed by atoms with Crippen molar-refractivity contribution >= 4 is 11.9 Å². The lowest BCUT2D eigenvalue weighted by Gasteiger charge is -2.21. The van der Waals surface area contributed by atoms with Crippen molar-refractivity contribution in [3.05, 3.63) is 58.9 Å². The van der Waals surface area contributed by atoms with E-state index < -0.39 is 17.5 Å². The third kappa shape index (κ3) is 3.30. The molecule has 116 valence electrons. The number of hydrogen-bond donors (Lipinski definition) is 1. The van der Waals surface area contributed by atoms with E-state index >= 15 is 0 Å². The molecule has 2 rings (SSSR count). The van der Waals surface area contributed by atoms with Gasteiger partial charge in [0.05, 0.1) is 5.69 Å². The Hall–Kier alpha value is -2.30. The van der Waals surface area contributed by atoms with Crippen LogP contribution < -0.4 is 0 Å². The Balaban J connectivity index is 2.39. The molecule has 0 atom stereocenters. The Morgan fingerprint density at radius 1 is 1.05 bits per heavy atom. The van der Waals surface area contributed by atoms with E-state index in [1.807, 2.05) is 20.8 Å². The first-order valence-electron chi connectivity index (χ1n) is 6.71. The molecule has 0 saturated carbocycles. The molecule has 0 radical (unpaired) electrons. The van der Waals surface area contributed by atoms with Crippen LogP contribution in [0.25, 0.3) is 0 Å². The average molecular weight is 307 g/mol. The number of hydrogen-bond acceptors (Lipinski definition) is 2. The van der Waals surface area contributed by atoms with E-state index in [1.165, 1.54) is 6.21 Å². The summed E-state index contributed by atoms with van der Waals surface area (Å²) in [6.07, 6.45) is 1.29. The number of nitrogens with zero attached hydrogens (tertiary/aromatic N) is 1. The lowest BCUT2D eigenvalue weighted by Crippen LogP contribution is -2.11. The van der Waals surface area contributed by atoms with Gasteiger partial charge in [-0.25, -0.2) is 13.2 Å². The molecule has 0 aromatic heterocycles. The smallest absolute Gasteiger partial charge is 0.194 e. The first-order valence-corrected chi connectivity index (χ1v) is 6.71. The Morgan fingerprint density at radius 3 is 2.18 bits per heavy atom. The zero-order chi connectivity index (χ0) is 16.5. The van der Waals surface area contributed by atoms with Gasteiger partial charge in [0.1, 0.15) is 5.75 Å². The Morgan fingerprint density at radius 2 is 1.64 bits per heavy atom. The van der Waals surface area contributed by atoms with Crippen LogP contribution in [-0.4, -0.2) is 11.3 Å². The third-order valence-electron chi connectivity index (χ3n) is 3.20. The maximum Gasteiger partial charge on any atom is 0.194 e. The summed E-state index contributed by atoms with van der Waals surface area (Å²) in [7, 11) is 0. The number of benzene rings is 2. The van der Waals surface area contributed by atoms with Gasteiger partial charge in [0.2, 0.25) is 0 Å². The van der Waals surface area contributed by atoms with Crippen molar-refractivity contribution in [2.75, 3.05) is 0 Å². The van der Waals surface area contributed by atoms with E-state index in [2.05, 4.69) is 4.99 Å². The third-order valence-corrected chi connectivity index (χ3v) is 3.20. The lowest BCUT2D eigenvalue weighted by atomic mass is 9.85. The van der Waals surface area contributed by atoms with Gasteiger partial charge in [0.25, 0.3) is 0 Å². The predicted octanol–water partition coefficient (Wildman–Crippen LogP) is 4.86.